The minimum absolute atomic E-state index is 0.00817. The molecule has 4 heterocycles. The van der Waals surface area contributed by atoms with Gasteiger partial charge in [0.1, 0.15) is 12.1 Å². The molecule has 2 aliphatic rings. The maximum Gasteiger partial charge on any atom is 0.249 e. The Hall–Kier alpha value is -3.24. The van der Waals surface area contributed by atoms with Crippen LogP contribution >= 0.6 is 0 Å². The molecule has 158 valence electrons. The number of carbonyl (C=O) groups is 1. The van der Waals surface area contributed by atoms with Gasteiger partial charge in [-0.05, 0) is 55.9 Å². The fourth-order valence-electron chi connectivity index (χ4n) is 4.86. The maximum absolute atomic E-state index is 13.2. The second-order valence-corrected chi connectivity index (χ2v) is 8.48. The lowest BCUT2D eigenvalue weighted by Gasteiger charge is -2.32. The van der Waals surface area contributed by atoms with Crippen LogP contribution in [0.5, 0.6) is 0 Å². The molecule has 3 aromatic rings. The second kappa shape index (κ2) is 8.48. The molecule has 1 saturated carbocycles. The Morgan fingerprint density at radius 1 is 1.16 bits per heavy atom. The van der Waals surface area contributed by atoms with Crippen molar-refractivity contribution in [3.05, 3.63) is 60.2 Å². The van der Waals surface area contributed by atoms with Crippen LogP contribution in [0.1, 0.15) is 49.4 Å². The lowest BCUT2D eigenvalue weighted by molar-refractivity contribution is -0.183. The molecule has 0 radical (unpaired) electrons. The van der Waals surface area contributed by atoms with Gasteiger partial charge in [-0.2, -0.15) is 5.26 Å². The molecular weight excluding hydrogens is 390 g/mol. The molecule has 31 heavy (non-hydrogen) atoms. The third kappa shape index (κ3) is 3.91. The van der Waals surface area contributed by atoms with Crippen LogP contribution in [0.4, 0.5) is 0 Å². The quantitative estimate of drug-likeness (QED) is 0.643. The summed E-state index contributed by atoms with van der Waals surface area (Å²) in [5.74, 6) is 0.617. The standard InChI is InChI=1S/C24H25N5O2/c25-14-18-13-23-21(27-15-18)8-11-28(23)16-17-4-6-19(7-5-17)24(30)29-22(9-12-31-29)20-3-1-2-10-26-20/h1-3,8,10-11,13,15,17,19,22H,4-7,9,12,16H2/t17-,19-,22-/m0/s1. The Kier molecular flexibility index (Phi) is 5.39. The van der Waals surface area contributed by atoms with E-state index in [1.807, 2.05) is 36.5 Å². The molecule has 5 rings (SSSR count). The molecule has 7 heteroatoms. The number of hydrogen-bond donors (Lipinski definition) is 0. The number of hydrogen-bond acceptors (Lipinski definition) is 5. The smallest absolute Gasteiger partial charge is 0.249 e. The number of hydroxylamine groups is 2. The number of rotatable bonds is 4. The van der Waals surface area contributed by atoms with Gasteiger partial charge in [-0.15, -0.1) is 0 Å². The summed E-state index contributed by atoms with van der Waals surface area (Å²) < 4.78 is 2.19. The van der Waals surface area contributed by atoms with Crippen molar-refractivity contribution in [2.75, 3.05) is 6.61 Å². The van der Waals surface area contributed by atoms with Crippen LogP contribution in [0.25, 0.3) is 11.0 Å². The average molecular weight is 415 g/mol. The van der Waals surface area contributed by atoms with Crippen molar-refractivity contribution < 1.29 is 9.63 Å². The van der Waals surface area contributed by atoms with Crippen molar-refractivity contribution >= 4 is 16.9 Å². The van der Waals surface area contributed by atoms with E-state index in [1.54, 1.807) is 17.5 Å². The van der Waals surface area contributed by atoms with Gasteiger partial charge in [0, 0.05) is 37.5 Å². The van der Waals surface area contributed by atoms with Crippen LogP contribution in [-0.2, 0) is 16.2 Å². The first kappa shape index (κ1) is 19.7. The Labute approximate surface area is 181 Å². The van der Waals surface area contributed by atoms with Gasteiger partial charge < -0.3 is 4.57 Å². The Balaban J connectivity index is 1.22. The van der Waals surface area contributed by atoms with Crippen molar-refractivity contribution in [1.82, 2.24) is 19.6 Å². The van der Waals surface area contributed by atoms with Crippen molar-refractivity contribution in [1.29, 1.82) is 5.26 Å². The van der Waals surface area contributed by atoms with Crippen LogP contribution in [0, 0.1) is 23.2 Å². The van der Waals surface area contributed by atoms with Gasteiger partial charge in [0.15, 0.2) is 0 Å². The predicted molar refractivity (Wildman–Crippen MR) is 114 cm³/mol. The zero-order valence-corrected chi connectivity index (χ0v) is 17.4. The third-order valence-electron chi connectivity index (χ3n) is 6.55. The lowest BCUT2D eigenvalue weighted by atomic mass is 9.81. The van der Waals surface area contributed by atoms with Gasteiger partial charge in [-0.3, -0.25) is 19.6 Å². The topological polar surface area (TPSA) is 84.0 Å². The highest BCUT2D eigenvalue weighted by Crippen LogP contribution is 2.36. The summed E-state index contributed by atoms with van der Waals surface area (Å²) in [4.78, 5) is 27.7. The Morgan fingerprint density at radius 3 is 2.81 bits per heavy atom. The van der Waals surface area contributed by atoms with E-state index in [4.69, 9.17) is 10.1 Å². The van der Waals surface area contributed by atoms with E-state index in [0.29, 0.717) is 18.1 Å². The third-order valence-corrected chi connectivity index (χ3v) is 6.55. The summed E-state index contributed by atoms with van der Waals surface area (Å²) in [5.41, 5.74) is 3.39. The largest absolute Gasteiger partial charge is 0.346 e. The molecule has 0 spiro atoms. The van der Waals surface area contributed by atoms with Gasteiger partial charge >= 0.3 is 0 Å². The highest BCUT2D eigenvalue weighted by molar-refractivity contribution is 5.78. The molecule has 1 saturated heterocycles. The number of carbonyl (C=O) groups excluding carboxylic acids is 1. The summed E-state index contributed by atoms with van der Waals surface area (Å²) in [6, 6.07) is 11.8. The van der Waals surface area contributed by atoms with E-state index in [1.165, 1.54) is 0 Å². The Morgan fingerprint density at radius 2 is 2.03 bits per heavy atom. The molecule has 0 bridgehead atoms. The molecular formula is C24H25N5O2. The molecule has 1 aliphatic heterocycles. The first-order valence-corrected chi connectivity index (χ1v) is 10.9. The van der Waals surface area contributed by atoms with E-state index in [0.717, 1.165) is 55.4 Å². The number of amides is 1. The first-order valence-electron chi connectivity index (χ1n) is 10.9. The van der Waals surface area contributed by atoms with Crippen LogP contribution < -0.4 is 0 Å². The average Bonchev–Trinajstić information content (AvgIpc) is 3.47. The number of pyridine rings is 2. The van der Waals surface area contributed by atoms with E-state index in [9.17, 15) is 4.79 Å². The molecule has 1 amide bonds. The maximum atomic E-state index is 13.2. The van der Waals surface area contributed by atoms with E-state index in [-0.39, 0.29) is 17.9 Å². The van der Waals surface area contributed by atoms with Crippen molar-refractivity contribution in [2.24, 2.45) is 11.8 Å². The van der Waals surface area contributed by atoms with Crippen LogP contribution in [0.3, 0.4) is 0 Å². The molecule has 3 aromatic heterocycles. The van der Waals surface area contributed by atoms with Crippen LogP contribution in [-0.4, -0.2) is 32.1 Å². The lowest BCUT2D eigenvalue weighted by Crippen LogP contribution is -2.37. The number of nitrogens with zero attached hydrogens (tertiary/aromatic N) is 5. The number of aromatic nitrogens is 3. The van der Waals surface area contributed by atoms with Gasteiger partial charge in [0.25, 0.3) is 0 Å². The summed E-state index contributed by atoms with van der Waals surface area (Å²) in [5, 5.41) is 10.7. The van der Waals surface area contributed by atoms with Crippen molar-refractivity contribution in [3.8, 4) is 6.07 Å². The van der Waals surface area contributed by atoms with Gasteiger partial charge in [-0.1, -0.05) is 6.07 Å². The summed E-state index contributed by atoms with van der Waals surface area (Å²) >= 11 is 0. The molecule has 1 atom stereocenters. The highest BCUT2D eigenvalue weighted by atomic mass is 16.7. The molecule has 2 fully saturated rings. The minimum atomic E-state index is -0.0838. The van der Waals surface area contributed by atoms with Crippen LogP contribution in [0.2, 0.25) is 0 Å². The molecule has 1 aliphatic carbocycles. The van der Waals surface area contributed by atoms with Crippen molar-refractivity contribution in [3.63, 3.8) is 0 Å². The van der Waals surface area contributed by atoms with Gasteiger partial charge in [0.05, 0.1) is 28.9 Å². The summed E-state index contributed by atoms with van der Waals surface area (Å²) in [7, 11) is 0. The SMILES string of the molecule is N#Cc1cnc2ccn(C[C@H]3CC[C@H](C(=O)N4OCC[C@H]4c4ccccn4)CC3)c2c1. The van der Waals surface area contributed by atoms with Crippen LogP contribution in [0.15, 0.2) is 48.9 Å². The molecule has 7 nitrogen and oxygen atoms in total. The number of nitriles is 1. The molecule has 0 N–H and O–H groups in total. The summed E-state index contributed by atoms with van der Waals surface area (Å²) in [6.07, 6.45) is 9.97. The Bertz CT molecular complexity index is 1110. The van der Waals surface area contributed by atoms with E-state index < -0.39 is 0 Å². The fraction of sp³-hybridized carbons (Fsp3) is 0.417. The monoisotopic (exact) mass is 415 g/mol. The normalized spacial score (nSPS) is 23.7. The highest BCUT2D eigenvalue weighted by Gasteiger charge is 2.37. The molecule has 0 aromatic carbocycles. The van der Waals surface area contributed by atoms with Gasteiger partial charge in [0.2, 0.25) is 5.91 Å². The van der Waals surface area contributed by atoms with Gasteiger partial charge in [-0.25, -0.2) is 5.06 Å². The summed E-state index contributed by atoms with van der Waals surface area (Å²) in [6.45, 7) is 1.44. The zero-order valence-electron chi connectivity index (χ0n) is 17.4. The second-order valence-electron chi connectivity index (χ2n) is 8.48. The molecule has 0 unspecified atom stereocenters. The minimum Gasteiger partial charge on any atom is -0.346 e. The first-order chi connectivity index (χ1) is 15.2. The van der Waals surface area contributed by atoms with Crippen molar-refractivity contribution in [2.45, 2.75) is 44.7 Å². The predicted octanol–water partition coefficient (Wildman–Crippen LogP) is 4.01. The van der Waals surface area contributed by atoms with E-state index in [2.05, 4.69) is 20.6 Å². The number of fused-ring (bicyclic) bond motifs is 1. The fourth-order valence-corrected chi connectivity index (χ4v) is 4.86. The van der Waals surface area contributed by atoms with E-state index >= 15 is 0 Å². The zero-order chi connectivity index (χ0) is 21.2.